The zero-order valence-corrected chi connectivity index (χ0v) is 19.2. The quantitative estimate of drug-likeness (QED) is 0.526. The van der Waals surface area contributed by atoms with Crippen molar-refractivity contribution in [2.75, 3.05) is 27.7 Å². The van der Waals surface area contributed by atoms with E-state index in [2.05, 4.69) is 20.1 Å². The van der Waals surface area contributed by atoms with Crippen molar-refractivity contribution in [1.29, 1.82) is 0 Å². The summed E-state index contributed by atoms with van der Waals surface area (Å²) in [6.07, 6.45) is 7.35. The molecule has 0 unspecified atom stereocenters. The van der Waals surface area contributed by atoms with Crippen LogP contribution in [0.25, 0.3) is 5.82 Å². The fraction of sp³-hybridized carbons (Fsp3) is 0.238. The van der Waals surface area contributed by atoms with E-state index in [1.807, 2.05) is 6.07 Å². The number of hydrogen-bond donors (Lipinski definition) is 2. The molecule has 1 aromatic carbocycles. The van der Waals surface area contributed by atoms with E-state index in [4.69, 9.17) is 11.6 Å². The first-order valence-electron chi connectivity index (χ1n) is 10.0. The largest absolute Gasteiger partial charge is 0.326 e. The fourth-order valence-corrected chi connectivity index (χ4v) is 4.28. The lowest BCUT2D eigenvalue weighted by Gasteiger charge is -2.15. The first-order valence-corrected chi connectivity index (χ1v) is 12.3. The molecule has 0 bridgehead atoms. The molecule has 2 amide bonds. The minimum Gasteiger partial charge on any atom is -0.326 e. The van der Waals surface area contributed by atoms with Gasteiger partial charge < -0.3 is 10.2 Å². The fourth-order valence-electron chi connectivity index (χ4n) is 3.50. The predicted molar refractivity (Wildman–Crippen MR) is 125 cm³/mol. The maximum absolute atomic E-state index is 12.5. The van der Waals surface area contributed by atoms with E-state index in [0.717, 1.165) is 18.4 Å². The van der Waals surface area contributed by atoms with Crippen molar-refractivity contribution in [1.82, 2.24) is 14.8 Å². The third kappa shape index (κ3) is 5.88. The van der Waals surface area contributed by atoms with E-state index in [-0.39, 0.29) is 28.9 Å². The van der Waals surface area contributed by atoms with Gasteiger partial charge in [0.2, 0.25) is 21.8 Å². The number of benzene rings is 1. The number of amides is 2. The van der Waals surface area contributed by atoms with Crippen LogP contribution in [0.3, 0.4) is 0 Å². The van der Waals surface area contributed by atoms with E-state index in [0.29, 0.717) is 30.0 Å². The summed E-state index contributed by atoms with van der Waals surface area (Å²) >= 11 is 6.03. The Labute approximate surface area is 195 Å². The lowest BCUT2D eigenvalue weighted by atomic mass is 10.2. The molecule has 1 aliphatic heterocycles. The summed E-state index contributed by atoms with van der Waals surface area (Å²) in [6, 6.07) is 8.03. The molecule has 12 heteroatoms. The molecule has 2 aromatic heterocycles. The number of carbonyl (C=O) groups excluding carboxylic acids is 2. The number of pyridine rings is 1. The summed E-state index contributed by atoms with van der Waals surface area (Å²) in [5, 5.41) is 7.23. The van der Waals surface area contributed by atoms with E-state index in [1.165, 1.54) is 18.2 Å². The molecule has 4 rings (SSSR count). The van der Waals surface area contributed by atoms with E-state index in [1.54, 1.807) is 34.2 Å². The number of anilines is 3. The van der Waals surface area contributed by atoms with Crippen molar-refractivity contribution in [3.05, 3.63) is 59.5 Å². The number of nitrogens with one attached hydrogen (secondary N) is 2. The molecule has 33 heavy (non-hydrogen) atoms. The SMILES string of the molecule is CS(=O)(=O)Nc1cc(Cl)cc(NC(=O)Cc2cnn(-c3ccc(N4CCCC4=O)cn3)c2)c1. The van der Waals surface area contributed by atoms with Crippen LogP contribution in [0.4, 0.5) is 17.1 Å². The van der Waals surface area contributed by atoms with E-state index >= 15 is 0 Å². The Morgan fingerprint density at radius 3 is 2.64 bits per heavy atom. The van der Waals surface area contributed by atoms with Gasteiger partial charge in [0.05, 0.1) is 36.4 Å². The molecule has 10 nitrogen and oxygen atoms in total. The van der Waals surface area contributed by atoms with E-state index < -0.39 is 10.0 Å². The molecule has 2 N–H and O–H groups in total. The molecule has 0 atom stereocenters. The second kappa shape index (κ2) is 9.20. The normalized spacial score (nSPS) is 13.9. The molecular formula is C21H21ClN6O4S. The Kier molecular flexibility index (Phi) is 6.34. The highest BCUT2D eigenvalue weighted by Gasteiger charge is 2.22. The van der Waals surface area contributed by atoms with Crippen LogP contribution < -0.4 is 14.9 Å². The third-order valence-electron chi connectivity index (χ3n) is 4.84. The van der Waals surface area contributed by atoms with Crippen LogP contribution in [0, 0.1) is 0 Å². The lowest BCUT2D eigenvalue weighted by molar-refractivity contribution is -0.117. The van der Waals surface area contributed by atoms with Gasteiger partial charge in [-0.1, -0.05) is 11.6 Å². The Morgan fingerprint density at radius 2 is 1.97 bits per heavy atom. The van der Waals surface area contributed by atoms with Gasteiger partial charge in [0.1, 0.15) is 0 Å². The van der Waals surface area contributed by atoms with Crippen molar-refractivity contribution in [3.8, 4) is 5.82 Å². The van der Waals surface area contributed by atoms with Gasteiger partial charge in [-0.25, -0.2) is 18.1 Å². The highest BCUT2D eigenvalue weighted by Crippen LogP contribution is 2.24. The first kappa shape index (κ1) is 22.7. The summed E-state index contributed by atoms with van der Waals surface area (Å²) < 4.78 is 26.7. The standard InChI is InChI=1S/C21H21ClN6O4S/c1-33(31,32)26-17-9-15(22)8-16(10-17)25-20(29)7-14-11-24-28(13-14)19-5-4-18(12-23-19)27-6-2-3-21(27)30/h4-5,8-13,26H,2-3,6-7H2,1H3,(H,25,29). The second-order valence-electron chi connectivity index (χ2n) is 7.64. The summed E-state index contributed by atoms with van der Waals surface area (Å²) in [7, 11) is -3.48. The van der Waals surface area contributed by atoms with Crippen molar-refractivity contribution in [2.24, 2.45) is 0 Å². The highest BCUT2D eigenvalue weighted by atomic mass is 35.5. The topological polar surface area (TPSA) is 126 Å². The van der Waals surface area contributed by atoms with Crippen molar-refractivity contribution < 1.29 is 18.0 Å². The Bertz CT molecular complexity index is 1310. The second-order valence-corrected chi connectivity index (χ2v) is 9.83. The zero-order chi connectivity index (χ0) is 23.6. The minimum atomic E-state index is -3.48. The van der Waals surface area contributed by atoms with E-state index in [9.17, 15) is 18.0 Å². The van der Waals surface area contributed by atoms with Crippen LogP contribution in [0.5, 0.6) is 0 Å². The molecule has 1 aliphatic rings. The maximum atomic E-state index is 12.5. The maximum Gasteiger partial charge on any atom is 0.229 e. The van der Waals surface area contributed by atoms with Crippen LogP contribution >= 0.6 is 11.6 Å². The molecule has 0 saturated carbocycles. The molecule has 172 valence electrons. The predicted octanol–water partition coefficient (Wildman–Crippen LogP) is 2.60. The van der Waals surface area contributed by atoms with Crippen molar-refractivity contribution in [3.63, 3.8) is 0 Å². The smallest absolute Gasteiger partial charge is 0.229 e. The third-order valence-corrected chi connectivity index (χ3v) is 5.66. The van der Waals surface area contributed by atoms with Gasteiger partial charge in [-0.15, -0.1) is 0 Å². The zero-order valence-electron chi connectivity index (χ0n) is 17.7. The van der Waals surface area contributed by atoms with Crippen molar-refractivity contribution in [2.45, 2.75) is 19.3 Å². The average molecular weight is 489 g/mol. The molecule has 3 heterocycles. The number of sulfonamides is 1. The van der Waals surface area contributed by atoms with Crippen LogP contribution in [-0.2, 0) is 26.0 Å². The number of aromatic nitrogens is 3. The monoisotopic (exact) mass is 488 g/mol. The molecular weight excluding hydrogens is 468 g/mol. The summed E-state index contributed by atoms with van der Waals surface area (Å²) in [5.41, 5.74) is 2.02. The average Bonchev–Trinajstić information content (AvgIpc) is 3.35. The Hall–Kier alpha value is -3.44. The number of carbonyl (C=O) groups is 2. The van der Waals surface area contributed by atoms with Gasteiger partial charge in [0.15, 0.2) is 5.82 Å². The van der Waals surface area contributed by atoms with Crippen molar-refractivity contribution >= 4 is 50.5 Å². The molecule has 0 spiro atoms. The van der Waals surface area contributed by atoms with Gasteiger partial charge in [0, 0.05) is 29.9 Å². The molecule has 1 fully saturated rings. The summed E-state index contributed by atoms with van der Waals surface area (Å²) in [4.78, 5) is 30.4. The number of hydrogen-bond acceptors (Lipinski definition) is 6. The van der Waals surface area contributed by atoms with Crippen LogP contribution in [0.15, 0.2) is 48.9 Å². The van der Waals surface area contributed by atoms with Crippen LogP contribution in [0.2, 0.25) is 5.02 Å². The first-order chi connectivity index (χ1) is 15.7. The number of halogens is 1. The Morgan fingerprint density at radius 1 is 1.18 bits per heavy atom. The van der Waals surface area contributed by atoms with Crippen LogP contribution in [0.1, 0.15) is 18.4 Å². The van der Waals surface area contributed by atoms with Gasteiger partial charge >= 0.3 is 0 Å². The molecule has 0 radical (unpaired) electrons. The highest BCUT2D eigenvalue weighted by molar-refractivity contribution is 7.92. The van der Waals surface area contributed by atoms with Gasteiger partial charge in [-0.05, 0) is 42.3 Å². The summed E-state index contributed by atoms with van der Waals surface area (Å²) in [5.74, 6) is 0.331. The minimum absolute atomic E-state index is 0.0434. The molecule has 1 saturated heterocycles. The van der Waals surface area contributed by atoms with Gasteiger partial charge in [0.25, 0.3) is 0 Å². The number of nitrogens with zero attached hydrogens (tertiary/aromatic N) is 4. The molecule has 0 aliphatic carbocycles. The lowest BCUT2D eigenvalue weighted by Crippen LogP contribution is -2.23. The Balaban J connectivity index is 1.40. The van der Waals surface area contributed by atoms with Gasteiger partial charge in [-0.2, -0.15) is 5.10 Å². The summed E-state index contributed by atoms with van der Waals surface area (Å²) in [6.45, 7) is 0.694. The van der Waals surface area contributed by atoms with Gasteiger partial charge in [-0.3, -0.25) is 14.3 Å². The molecule has 3 aromatic rings. The number of rotatable bonds is 7. The van der Waals surface area contributed by atoms with Crippen LogP contribution in [-0.4, -0.2) is 47.8 Å².